The summed E-state index contributed by atoms with van der Waals surface area (Å²) in [7, 11) is 0. The number of benzene rings is 1. The second-order valence-electron chi connectivity index (χ2n) is 4.87. The molecule has 0 atom stereocenters. The van der Waals surface area contributed by atoms with Crippen LogP contribution < -0.4 is 11.1 Å². The molecule has 5 nitrogen and oxygen atoms in total. The Morgan fingerprint density at radius 1 is 1.37 bits per heavy atom. The van der Waals surface area contributed by atoms with Crippen molar-refractivity contribution < 1.29 is 14.3 Å². The molecule has 0 spiro atoms. The molecule has 1 aromatic rings. The molecule has 0 aliphatic carbocycles. The van der Waals surface area contributed by atoms with E-state index in [9.17, 15) is 9.59 Å². The molecule has 0 heterocycles. The summed E-state index contributed by atoms with van der Waals surface area (Å²) in [4.78, 5) is 23.9. The third-order valence-electron chi connectivity index (χ3n) is 2.72. The Balaban J connectivity index is 2.90. The van der Waals surface area contributed by atoms with E-state index in [0.717, 1.165) is 5.56 Å². The van der Waals surface area contributed by atoms with E-state index in [1.54, 1.807) is 39.0 Å². The van der Waals surface area contributed by atoms with E-state index in [-0.39, 0.29) is 12.5 Å². The molecule has 5 heteroatoms. The number of ether oxygens (including phenoxy) is 1. The molecule has 0 bridgehead atoms. The van der Waals surface area contributed by atoms with Crippen molar-refractivity contribution >= 4 is 17.6 Å². The topological polar surface area (TPSA) is 81.4 Å². The van der Waals surface area contributed by atoms with Crippen molar-refractivity contribution in [2.75, 3.05) is 12.3 Å². The first-order valence-corrected chi connectivity index (χ1v) is 6.13. The lowest BCUT2D eigenvalue weighted by molar-refractivity contribution is -0.149. The highest BCUT2D eigenvalue weighted by Gasteiger charge is 2.31. The van der Waals surface area contributed by atoms with Crippen LogP contribution in [0.5, 0.6) is 0 Å². The van der Waals surface area contributed by atoms with Gasteiger partial charge in [0.05, 0.1) is 6.61 Å². The highest BCUT2D eigenvalue weighted by Crippen LogP contribution is 2.14. The molecule has 0 aromatic heterocycles. The molecular formula is C14H20N2O3. The molecule has 0 saturated heterocycles. The minimum Gasteiger partial charge on any atom is -0.464 e. The first-order valence-electron chi connectivity index (χ1n) is 6.13. The van der Waals surface area contributed by atoms with Crippen molar-refractivity contribution in [2.24, 2.45) is 0 Å². The van der Waals surface area contributed by atoms with Crippen LogP contribution >= 0.6 is 0 Å². The zero-order chi connectivity index (χ0) is 14.6. The second-order valence-corrected chi connectivity index (χ2v) is 4.87. The number of hydrogen-bond acceptors (Lipinski definition) is 4. The molecule has 104 valence electrons. The van der Waals surface area contributed by atoms with E-state index in [0.29, 0.717) is 11.3 Å². The van der Waals surface area contributed by atoms with E-state index in [1.807, 2.05) is 6.92 Å². The van der Waals surface area contributed by atoms with E-state index in [1.165, 1.54) is 0 Å². The van der Waals surface area contributed by atoms with Gasteiger partial charge in [0.1, 0.15) is 5.54 Å². The van der Waals surface area contributed by atoms with Gasteiger partial charge in [0, 0.05) is 11.3 Å². The zero-order valence-electron chi connectivity index (χ0n) is 11.7. The Kier molecular flexibility index (Phi) is 4.53. The van der Waals surface area contributed by atoms with Gasteiger partial charge in [-0.15, -0.1) is 0 Å². The van der Waals surface area contributed by atoms with Crippen LogP contribution in [0.2, 0.25) is 0 Å². The summed E-state index contributed by atoms with van der Waals surface area (Å²) in [6, 6.07) is 5.08. The average Bonchev–Trinajstić information content (AvgIpc) is 2.32. The van der Waals surface area contributed by atoms with Gasteiger partial charge in [-0.25, -0.2) is 4.79 Å². The van der Waals surface area contributed by atoms with Gasteiger partial charge in [0.2, 0.25) is 0 Å². The highest BCUT2D eigenvalue weighted by molar-refractivity contribution is 5.99. The van der Waals surface area contributed by atoms with E-state index in [4.69, 9.17) is 10.5 Å². The highest BCUT2D eigenvalue weighted by atomic mass is 16.5. The van der Waals surface area contributed by atoms with Crippen LogP contribution in [-0.4, -0.2) is 24.0 Å². The number of carbonyl (C=O) groups is 2. The summed E-state index contributed by atoms with van der Waals surface area (Å²) in [5.41, 5.74) is 6.34. The van der Waals surface area contributed by atoms with Gasteiger partial charge in [-0.3, -0.25) is 4.79 Å². The van der Waals surface area contributed by atoms with E-state index < -0.39 is 11.5 Å². The number of hydrogen-bond donors (Lipinski definition) is 2. The van der Waals surface area contributed by atoms with Crippen molar-refractivity contribution in [1.29, 1.82) is 0 Å². The number of amides is 1. The SMILES string of the molecule is CCOC(=O)C(C)(C)NC(=O)c1cc(N)ccc1C. The maximum absolute atomic E-state index is 12.2. The predicted molar refractivity (Wildman–Crippen MR) is 73.8 cm³/mol. The fourth-order valence-electron chi connectivity index (χ4n) is 1.60. The molecule has 0 saturated carbocycles. The van der Waals surface area contributed by atoms with Crippen molar-refractivity contribution in [3.05, 3.63) is 29.3 Å². The van der Waals surface area contributed by atoms with Gasteiger partial charge in [-0.1, -0.05) is 6.07 Å². The summed E-state index contributed by atoms with van der Waals surface area (Å²) in [6.45, 7) is 7.01. The molecule has 0 unspecified atom stereocenters. The summed E-state index contributed by atoms with van der Waals surface area (Å²) in [6.07, 6.45) is 0. The Morgan fingerprint density at radius 2 is 2.00 bits per heavy atom. The molecular weight excluding hydrogens is 244 g/mol. The number of nitrogens with one attached hydrogen (secondary N) is 1. The summed E-state index contributed by atoms with van der Waals surface area (Å²) in [5.74, 6) is -0.812. The molecule has 0 fully saturated rings. The van der Waals surface area contributed by atoms with Gasteiger partial charge in [-0.05, 0) is 45.4 Å². The average molecular weight is 264 g/mol. The standard InChI is InChI=1S/C14H20N2O3/c1-5-19-13(18)14(3,4)16-12(17)11-8-10(15)7-6-9(11)2/h6-8H,5,15H2,1-4H3,(H,16,17). The fourth-order valence-corrected chi connectivity index (χ4v) is 1.60. The molecule has 1 aromatic carbocycles. The Morgan fingerprint density at radius 3 is 2.58 bits per heavy atom. The third-order valence-corrected chi connectivity index (χ3v) is 2.72. The second kappa shape index (κ2) is 5.73. The minimum absolute atomic E-state index is 0.273. The van der Waals surface area contributed by atoms with Crippen molar-refractivity contribution in [3.63, 3.8) is 0 Å². The largest absolute Gasteiger partial charge is 0.464 e. The number of rotatable bonds is 4. The van der Waals surface area contributed by atoms with Crippen molar-refractivity contribution in [1.82, 2.24) is 5.32 Å². The van der Waals surface area contributed by atoms with E-state index in [2.05, 4.69) is 5.32 Å². The number of nitrogens with two attached hydrogens (primary N) is 1. The van der Waals surface area contributed by atoms with Gasteiger partial charge >= 0.3 is 5.97 Å². The Labute approximate surface area is 113 Å². The zero-order valence-corrected chi connectivity index (χ0v) is 11.7. The first-order chi connectivity index (χ1) is 8.77. The molecule has 0 aliphatic heterocycles. The predicted octanol–water partition coefficient (Wildman–Crippen LogP) is 1.65. The lowest BCUT2D eigenvalue weighted by Gasteiger charge is -2.24. The molecule has 3 N–H and O–H groups in total. The van der Waals surface area contributed by atoms with Crippen LogP contribution in [0.15, 0.2) is 18.2 Å². The minimum atomic E-state index is -1.08. The lowest BCUT2D eigenvalue weighted by Crippen LogP contribution is -2.50. The van der Waals surface area contributed by atoms with Crippen LogP contribution in [-0.2, 0) is 9.53 Å². The van der Waals surface area contributed by atoms with Crippen molar-refractivity contribution in [2.45, 2.75) is 33.2 Å². The molecule has 1 amide bonds. The summed E-state index contributed by atoms with van der Waals surface area (Å²) >= 11 is 0. The summed E-state index contributed by atoms with van der Waals surface area (Å²) < 4.78 is 4.92. The van der Waals surface area contributed by atoms with Gasteiger partial charge in [0.15, 0.2) is 0 Å². The monoisotopic (exact) mass is 264 g/mol. The van der Waals surface area contributed by atoms with Crippen molar-refractivity contribution in [3.8, 4) is 0 Å². The normalized spacial score (nSPS) is 10.9. The third kappa shape index (κ3) is 3.71. The van der Waals surface area contributed by atoms with Crippen LogP contribution in [0, 0.1) is 6.92 Å². The lowest BCUT2D eigenvalue weighted by atomic mass is 10.0. The fraction of sp³-hybridized carbons (Fsp3) is 0.429. The van der Waals surface area contributed by atoms with Gasteiger partial charge in [-0.2, -0.15) is 0 Å². The maximum Gasteiger partial charge on any atom is 0.331 e. The smallest absolute Gasteiger partial charge is 0.331 e. The van der Waals surface area contributed by atoms with Gasteiger partial charge in [0.25, 0.3) is 5.91 Å². The maximum atomic E-state index is 12.2. The van der Waals surface area contributed by atoms with Crippen LogP contribution in [0.25, 0.3) is 0 Å². The Hall–Kier alpha value is -2.04. The number of nitrogen functional groups attached to an aromatic ring is 1. The number of carbonyl (C=O) groups excluding carboxylic acids is 2. The number of esters is 1. The summed E-state index contributed by atoms with van der Waals surface area (Å²) in [5, 5.41) is 2.66. The molecule has 19 heavy (non-hydrogen) atoms. The van der Waals surface area contributed by atoms with E-state index >= 15 is 0 Å². The molecule has 1 rings (SSSR count). The first kappa shape index (κ1) is 15.0. The molecule has 0 aliphatic rings. The van der Waals surface area contributed by atoms with Gasteiger partial charge < -0.3 is 15.8 Å². The Bertz CT molecular complexity index is 495. The van der Waals surface area contributed by atoms with Crippen LogP contribution in [0.3, 0.4) is 0 Å². The number of aryl methyl sites for hydroxylation is 1. The molecule has 0 radical (unpaired) electrons. The quantitative estimate of drug-likeness (QED) is 0.640. The number of anilines is 1. The van der Waals surface area contributed by atoms with Crippen LogP contribution in [0.4, 0.5) is 5.69 Å². The van der Waals surface area contributed by atoms with Crippen LogP contribution in [0.1, 0.15) is 36.7 Å².